The lowest BCUT2D eigenvalue weighted by Crippen LogP contribution is -2.06. The van der Waals surface area contributed by atoms with Crippen LogP contribution in [-0.4, -0.2) is 24.4 Å². The molecule has 1 heterocycles. The van der Waals surface area contributed by atoms with E-state index < -0.39 is 0 Å². The first-order valence-corrected chi connectivity index (χ1v) is 8.82. The molecule has 5 nitrogen and oxygen atoms in total. The van der Waals surface area contributed by atoms with Gasteiger partial charge in [0.2, 0.25) is 0 Å². The fourth-order valence-corrected chi connectivity index (χ4v) is 3.16. The summed E-state index contributed by atoms with van der Waals surface area (Å²) in [6, 6.07) is 13.7. The van der Waals surface area contributed by atoms with Crippen LogP contribution in [0.1, 0.15) is 24.4 Å². The molecule has 130 valence electrons. The van der Waals surface area contributed by atoms with Gasteiger partial charge in [0.25, 0.3) is 0 Å². The number of benzene rings is 2. The van der Waals surface area contributed by atoms with Crippen LogP contribution in [0.15, 0.2) is 47.6 Å². The van der Waals surface area contributed by atoms with Crippen molar-refractivity contribution in [2.24, 2.45) is 5.16 Å². The summed E-state index contributed by atoms with van der Waals surface area (Å²) >= 11 is 1.61. The number of rotatable bonds is 7. The number of aromatic nitrogens is 1. The molecule has 0 radical (unpaired) electrons. The number of hydrogen-bond donors (Lipinski definition) is 0. The number of hydrogen-bond acceptors (Lipinski definition) is 6. The van der Waals surface area contributed by atoms with E-state index in [0.29, 0.717) is 18.1 Å². The standard InChI is InChI=1S/C19H20N2O3S/c1-13(2)24-16-9-8-14(10-17(16)22-3)11-20-23-12-19-21-15-6-4-5-7-18(15)25-19/h4-11,13H,12H2,1-3H3/b20-11-. The normalized spacial score (nSPS) is 11.4. The zero-order valence-electron chi connectivity index (χ0n) is 14.4. The predicted molar refractivity (Wildman–Crippen MR) is 101 cm³/mol. The first-order valence-electron chi connectivity index (χ1n) is 8.00. The number of para-hydroxylation sites is 1. The molecule has 0 amide bonds. The molecule has 0 N–H and O–H groups in total. The van der Waals surface area contributed by atoms with Crippen LogP contribution in [0.25, 0.3) is 10.2 Å². The summed E-state index contributed by atoms with van der Waals surface area (Å²) in [4.78, 5) is 9.87. The number of nitrogens with zero attached hydrogens (tertiary/aromatic N) is 2. The molecule has 0 saturated carbocycles. The SMILES string of the molecule is COc1cc(/C=N\OCc2nc3ccccc3s2)ccc1OC(C)C. The van der Waals surface area contributed by atoms with Gasteiger partial charge < -0.3 is 14.3 Å². The Kier molecular flexibility index (Phi) is 5.50. The van der Waals surface area contributed by atoms with Crippen molar-refractivity contribution in [2.75, 3.05) is 7.11 Å². The number of methoxy groups -OCH3 is 1. The van der Waals surface area contributed by atoms with Gasteiger partial charge in [-0.05, 0) is 44.2 Å². The highest BCUT2D eigenvalue weighted by atomic mass is 32.1. The van der Waals surface area contributed by atoms with Crippen LogP contribution < -0.4 is 9.47 Å². The van der Waals surface area contributed by atoms with Crippen LogP contribution in [0.4, 0.5) is 0 Å². The second kappa shape index (κ2) is 7.98. The van der Waals surface area contributed by atoms with Crippen LogP contribution in [0.2, 0.25) is 0 Å². The number of thiazole rings is 1. The molecule has 0 aliphatic carbocycles. The van der Waals surface area contributed by atoms with Crippen LogP contribution >= 0.6 is 11.3 Å². The lowest BCUT2D eigenvalue weighted by atomic mass is 10.2. The van der Waals surface area contributed by atoms with Crippen LogP contribution in [0.3, 0.4) is 0 Å². The molecule has 3 rings (SSSR count). The predicted octanol–water partition coefficient (Wildman–Crippen LogP) is 4.64. The van der Waals surface area contributed by atoms with E-state index >= 15 is 0 Å². The highest BCUT2D eigenvalue weighted by Crippen LogP contribution is 2.28. The van der Waals surface area contributed by atoms with E-state index in [1.54, 1.807) is 24.7 Å². The molecule has 3 aromatic rings. The van der Waals surface area contributed by atoms with E-state index in [9.17, 15) is 0 Å². The van der Waals surface area contributed by atoms with Gasteiger partial charge in [-0.15, -0.1) is 11.3 Å². The van der Waals surface area contributed by atoms with Crippen LogP contribution in [0.5, 0.6) is 11.5 Å². The molecule has 25 heavy (non-hydrogen) atoms. The molecule has 0 aliphatic heterocycles. The van der Waals surface area contributed by atoms with E-state index in [0.717, 1.165) is 20.8 Å². The maximum absolute atomic E-state index is 5.70. The maximum atomic E-state index is 5.70. The van der Waals surface area contributed by atoms with Crippen molar-refractivity contribution in [3.05, 3.63) is 53.0 Å². The smallest absolute Gasteiger partial charge is 0.168 e. The van der Waals surface area contributed by atoms with Gasteiger partial charge in [-0.2, -0.15) is 0 Å². The molecule has 1 aromatic heterocycles. The first kappa shape index (κ1) is 17.2. The van der Waals surface area contributed by atoms with Crippen molar-refractivity contribution in [3.63, 3.8) is 0 Å². The maximum Gasteiger partial charge on any atom is 0.168 e. The Labute approximate surface area is 150 Å². The van der Waals surface area contributed by atoms with E-state index in [-0.39, 0.29) is 6.10 Å². The molecule has 0 bridgehead atoms. The third-order valence-electron chi connectivity index (χ3n) is 3.35. The van der Waals surface area contributed by atoms with E-state index in [1.807, 2.05) is 56.3 Å². The monoisotopic (exact) mass is 356 g/mol. The molecule has 0 saturated heterocycles. The Balaban J connectivity index is 1.61. The minimum Gasteiger partial charge on any atom is -0.493 e. The fraction of sp³-hybridized carbons (Fsp3) is 0.263. The summed E-state index contributed by atoms with van der Waals surface area (Å²) in [6.07, 6.45) is 1.74. The Hall–Kier alpha value is -2.60. The van der Waals surface area contributed by atoms with Gasteiger partial charge in [0, 0.05) is 5.56 Å². The Morgan fingerprint density at radius 3 is 2.76 bits per heavy atom. The third kappa shape index (κ3) is 4.48. The van der Waals surface area contributed by atoms with Crippen molar-refractivity contribution >= 4 is 27.8 Å². The molecular weight excluding hydrogens is 336 g/mol. The van der Waals surface area contributed by atoms with Gasteiger partial charge >= 0.3 is 0 Å². The Morgan fingerprint density at radius 2 is 2.00 bits per heavy atom. The van der Waals surface area contributed by atoms with E-state index in [4.69, 9.17) is 14.3 Å². The molecule has 6 heteroatoms. The molecule has 0 unspecified atom stereocenters. The summed E-state index contributed by atoms with van der Waals surface area (Å²) < 4.78 is 12.2. The highest BCUT2D eigenvalue weighted by Gasteiger charge is 2.07. The van der Waals surface area contributed by atoms with E-state index in [2.05, 4.69) is 10.1 Å². The Morgan fingerprint density at radius 1 is 1.16 bits per heavy atom. The second-order valence-electron chi connectivity index (χ2n) is 5.66. The lowest BCUT2D eigenvalue weighted by molar-refractivity contribution is 0.132. The number of ether oxygens (including phenoxy) is 2. The quantitative estimate of drug-likeness (QED) is 0.457. The van der Waals surface area contributed by atoms with Gasteiger partial charge in [0.15, 0.2) is 18.1 Å². The summed E-state index contributed by atoms with van der Waals surface area (Å²) in [6.45, 7) is 4.30. The second-order valence-corrected chi connectivity index (χ2v) is 6.78. The lowest BCUT2D eigenvalue weighted by Gasteiger charge is -2.13. The van der Waals surface area contributed by atoms with Gasteiger partial charge in [0.1, 0.15) is 5.01 Å². The fourth-order valence-electron chi connectivity index (χ4n) is 2.29. The largest absolute Gasteiger partial charge is 0.493 e. The molecule has 0 atom stereocenters. The van der Waals surface area contributed by atoms with Crippen molar-refractivity contribution in [3.8, 4) is 11.5 Å². The summed E-state index contributed by atoms with van der Waals surface area (Å²) in [5.41, 5.74) is 1.86. The third-order valence-corrected chi connectivity index (χ3v) is 4.36. The summed E-state index contributed by atoms with van der Waals surface area (Å²) in [5, 5.41) is 4.92. The topological polar surface area (TPSA) is 52.9 Å². The van der Waals surface area contributed by atoms with Gasteiger partial charge in [-0.3, -0.25) is 0 Å². The average molecular weight is 356 g/mol. The first-order chi connectivity index (χ1) is 12.2. The van der Waals surface area contributed by atoms with Crippen LogP contribution in [-0.2, 0) is 11.4 Å². The van der Waals surface area contributed by atoms with Crippen molar-refractivity contribution < 1.29 is 14.3 Å². The Bertz CT molecular complexity index is 841. The number of oxime groups is 1. The minimum absolute atomic E-state index is 0.0885. The molecule has 0 spiro atoms. The van der Waals surface area contributed by atoms with Crippen molar-refractivity contribution in [2.45, 2.75) is 26.6 Å². The zero-order chi connectivity index (χ0) is 17.6. The molecule has 0 aliphatic rings. The molecule has 2 aromatic carbocycles. The van der Waals surface area contributed by atoms with Crippen molar-refractivity contribution in [1.82, 2.24) is 4.98 Å². The van der Waals surface area contributed by atoms with Crippen molar-refractivity contribution in [1.29, 1.82) is 0 Å². The molecular formula is C19H20N2O3S. The number of fused-ring (bicyclic) bond motifs is 1. The summed E-state index contributed by atoms with van der Waals surface area (Å²) in [7, 11) is 1.62. The molecule has 0 fully saturated rings. The highest BCUT2D eigenvalue weighted by molar-refractivity contribution is 7.18. The van der Waals surface area contributed by atoms with Gasteiger partial charge in [-0.1, -0.05) is 17.3 Å². The minimum atomic E-state index is 0.0885. The van der Waals surface area contributed by atoms with E-state index in [1.165, 1.54) is 0 Å². The van der Waals surface area contributed by atoms with Gasteiger partial charge in [-0.25, -0.2) is 4.98 Å². The van der Waals surface area contributed by atoms with Gasteiger partial charge in [0.05, 0.1) is 29.6 Å². The summed E-state index contributed by atoms with van der Waals surface area (Å²) in [5.74, 6) is 1.38. The average Bonchev–Trinajstić information content (AvgIpc) is 3.02. The van der Waals surface area contributed by atoms with Crippen LogP contribution in [0, 0.1) is 0 Å². The zero-order valence-corrected chi connectivity index (χ0v) is 15.2.